The van der Waals surface area contributed by atoms with E-state index < -0.39 is 11.7 Å². The first-order valence-electron chi connectivity index (χ1n) is 10.6. The van der Waals surface area contributed by atoms with Gasteiger partial charge in [-0.05, 0) is 71.5 Å². The Morgan fingerprint density at radius 3 is 2.29 bits per heavy atom. The average molecular weight is 486 g/mol. The van der Waals surface area contributed by atoms with Crippen LogP contribution in [0.1, 0.15) is 22.3 Å². The second-order valence-corrected chi connectivity index (χ2v) is 8.39. The molecule has 0 bridgehead atoms. The molecule has 0 fully saturated rings. The van der Waals surface area contributed by atoms with Gasteiger partial charge >= 0.3 is 6.18 Å². The summed E-state index contributed by atoms with van der Waals surface area (Å²) in [7, 11) is 1.62. The van der Waals surface area contributed by atoms with E-state index in [9.17, 15) is 18.0 Å². The molecule has 0 aliphatic heterocycles. The highest BCUT2D eigenvalue weighted by molar-refractivity contribution is 7.13. The number of carbonyl (C=O) groups excluding carboxylic acids is 1. The number of hydrogen-bond acceptors (Lipinski definition) is 5. The zero-order valence-corrected chi connectivity index (χ0v) is 19.1. The first-order chi connectivity index (χ1) is 16.3. The molecule has 0 aliphatic rings. The lowest BCUT2D eigenvalue weighted by atomic mass is 10.0. The summed E-state index contributed by atoms with van der Waals surface area (Å²) in [5, 5.41) is 6.66. The van der Waals surface area contributed by atoms with Crippen LogP contribution in [0.15, 0.2) is 66.7 Å². The quantitative estimate of drug-likeness (QED) is 0.291. The molecule has 0 unspecified atom stereocenters. The number of anilines is 1. The predicted molar refractivity (Wildman–Crippen MR) is 128 cm³/mol. The van der Waals surface area contributed by atoms with Gasteiger partial charge in [-0.2, -0.15) is 17.5 Å². The van der Waals surface area contributed by atoms with Crippen LogP contribution in [0.2, 0.25) is 0 Å². The molecule has 1 heterocycles. The Morgan fingerprint density at radius 2 is 1.65 bits per heavy atom. The zero-order valence-electron chi connectivity index (χ0n) is 18.3. The van der Waals surface area contributed by atoms with E-state index in [0.717, 1.165) is 40.5 Å². The number of rotatable bonds is 8. The number of nitrogens with zero attached hydrogens (tertiary/aromatic N) is 1. The number of carbonyl (C=O) groups is 1. The van der Waals surface area contributed by atoms with Crippen LogP contribution in [-0.4, -0.2) is 30.5 Å². The van der Waals surface area contributed by atoms with Gasteiger partial charge in [0, 0.05) is 24.0 Å². The number of nitrogens with one attached hydrogen (secondary N) is 2. The number of halogens is 3. The lowest BCUT2D eigenvalue weighted by Gasteiger charge is -2.08. The number of amides is 1. The third kappa shape index (κ3) is 5.48. The minimum Gasteiger partial charge on any atom is -0.497 e. The van der Waals surface area contributed by atoms with Crippen molar-refractivity contribution in [1.29, 1.82) is 0 Å². The number of fused-ring (bicyclic) bond motifs is 1. The number of benzene rings is 3. The molecule has 34 heavy (non-hydrogen) atoms. The van der Waals surface area contributed by atoms with Gasteiger partial charge in [0.2, 0.25) is 0 Å². The van der Waals surface area contributed by atoms with Gasteiger partial charge in [-0.3, -0.25) is 4.79 Å². The normalized spacial score (nSPS) is 11.4. The Kier molecular flexibility index (Phi) is 7.02. The topological polar surface area (TPSA) is 63.2 Å². The Morgan fingerprint density at radius 1 is 0.971 bits per heavy atom. The first-order valence-corrected chi connectivity index (χ1v) is 11.4. The summed E-state index contributed by atoms with van der Waals surface area (Å²) in [5.41, 5.74) is 1.91. The van der Waals surface area contributed by atoms with Crippen molar-refractivity contribution in [2.24, 2.45) is 0 Å². The molecule has 1 aromatic heterocycles. The largest absolute Gasteiger partial charge is 0.497 e. The van der Waals surface area contributed by atoms with Crippen molar-refractivity contribution in [1.82, 2.24) is 9.69 Å². The summed E-state index contributed by atoms with van der Waals surface area (Å²) in [6.45, 7) is 0.975. The third-order valence-corrected chi connectivity index (χ3v) is 6.11. The summed E-state index contributed by atoms with van der Waals surface area (Å²) < 4.78 is 48.4. The molecule has 0 radical (unpaired) electrons. The summed E-state index contributed by atoms with van der Waals surface area (Å²) in [6.07, 6.45) is -3.74. The summed E-state index contributed by atoms with van der Waals surface area (Å²) >= 11 is 1.02. The molecule has 0 saturated carbocycles. The number of ether oxygens (including phenoxy) is 1. The fraction of sp³-hybridized carbons (Fsp3) is 0.200. The highest BCUT2D eigenvalue weighted by Gasteiger charge is 2.30. The standard InChI is InChI=1S/C25H22F3N3O2S/c1-33-20-10-7-17(8-11-20)16-3-5-18(6-4-16)24(32)30-14-2-13-29-23-21-12-9-19(25(26,27)28)15-22(21)34-31-23/h3-12,15H,2,13-14H2,1H3,(H,29,31)(H,30,32). The van der Waals surface area contributed by atoms with Crippen LogP contribution in [0.4, 0.5) is 19.0 Å². The first kappa shape index (κ1) is 23.6. The predicted octanol–water partition coefficient (Wildman–Crippen LogP) is 6.22. The average Bonchev–Trinajstić information content (AvgIpc) is 3.25. The Balaban J connectivity index is 1.25. The SMILES string of the molecule is COc1ccc(-c2ccc(C(=O)NCCCNc3nsc4cc(C(F)(F)F)ccc34)cc2)cc1. The second-order valence-electron chi connectivity index (χ2n) is 7.58. The third-order valence-electron chi connectivity index (χ3n) is 5.30. The van der Waals surface area contributed by atoms with Crippen LogP contribution >= 0.6 is 11.5 Å². The summed E-state index contributed by atoms with van der Waals surface area (Å²) in [5.74, 6) is 1.17. The van der Waals surface area contributed by atoms with Gasteiger partial charge in [-0.1, -0.05) is 24.3 Å². The molecule has 9 heteroatoms. The molecule has 0 saturated heterocycles. The summed E-state index contributed by atoms with van der Waals surface area (Å²) in [6, 6.07) is 18.7. The molecule has 1 amide bonds. The van der Waals surface area contributed by atoms with Crippen LogP contribution < -0.4 is 15.4 Å². The molecular formula is C25H22F3N3O2S. The molecule has 3 aromatic carbocycles. The number of aromatic nitrogens is 1. The minimum absolute atomic E-state index is 0.167. The number of alkyl halides is 3. The Hall–Kier alpha value is -3.59. The van der Waals surface area contributed by atoms with E-state index in [4.69, 9.17) is 4.74 Å². The van der Waals surface area contributed by atoms with E-state index in [1.54, 1.807) is 19.2 Å². The van der Waals surface area contributed by atoms with Crippen LogP contribution in [0.5, 0.6) is 5.75 Å². The van der Waals surface area contributed by atoms with Crippen LogP contribution in [-0.2, 0) is 6.18 Å². The van der Waals surface area contributed by atoms with Crippen molar-refractivity contribution < 1.29 is 22.7 Å². The fourth-order valence-corrected chi connectivity index (χ4v) is 4.23. The van der Waals surface area contributed by atoms with E-state index in [2.05, 4.69) is 15.0 Å². The molecule has 5 nitrogen and oxygen atoms in total. The molecular weight excluding hydrogens is 463 g/mol. The van der Waals surface area contributed by atoms with Gasteiger partial charge < -0.3 is 15.4 Å². The number of hydrogen-bond donors (Lipinski definition) is 2. The highest BCUT2D eigenvalue weighted by atomic mass is 32.1. The van der Waals surface area contributed by atoms with Gasteiger partial charge in [0.15, 0.2) is 0 Å². The van der Waals surface area contributed by atoms with E-state index in [1.165, 1.54) is 6.07 Å². The molecule has 4 rings (SSSR count). The maximum Gasteiger partial charge on any atom is 0.416 e. The molecule has 176 valence electrons. The van der Waals surface area contributed by atoms with Gasteiger partial charge in [-0.15, -0.1) is 0 Å². The second kappa shape index (κ2) is 10.1. The summed E-state index contributed by atoms with van der Waals surface area (Å²) in [4.78, 5) is 12.4. The lowest BCUT2D eigenvalue weighted by Crippen LogP contribution is -2.25. The van der Waals surface area contributed by atoms with Crippen molar-refractivity contribution >= 4 is 33.3 Å². The van der Waals surface area contributed by atoms with Crippen molar-refractivity contribution in [2.75, 3.05) is 25.5 Å². The van der Waals surface area contributed by atoms with E-state index in [-0.39, 0.29) is 5.91 Å². The molecule has 4 aromatic rings. The van der Waals surface area contributed by atoms with Crippen LogP contribution in [0, 0.1) is 0 Å². The van der Waals surface area contributed by atoms with Crippen molar-refractivity contribution in [3.8, 4) is 16.9 Å². The Labute approximate surface area is 198 Å². The molecule has 2 N–H and O–H groups in total. The molecule has 0 aliphatic carbocycles. The van der Waals surface area contributed by atoms with Gasteiger partial charge in [0.1, 0.15) is 11.6 Å². The molecule has 0 atom stereocenters. The van der Waals surface area contributed by atoms with E-state index in [0.29, 0.717) is 41.0 Å². The monoisotopic (exact) mass is 485 g/mol. The van der Waals surface area contributed by atoms with Crippen molar-refractivity contribution in [3.05, 3.63) is 77.9 Å². The highest BCUT2D eigenvalue weighted by Crippen LogP contribution is 2.34. The van der Waals surface area contributed by atoms with Gasteiger partial charge in [-0.25, -0.2) is 0 Å². The van der Waals surface area contributed by atoms with Crippen molar-refractivity contribution in [2.45, 2.75) is 12.6 Å². The molecule has 0 spiro atoms. The number of methoxy groups -OCH3 is 1. The zero-order chi connectivity index (χ0) is 24.1. The van der Waals surface area contributed by atoms with Gasteiger partial charge in [0.25, 0.3) is 5.91 Å². The maximum absolute atomic E-state index is 12.9. The minimum atomic E-state index is -4.38. The lowest BCUT2D eigenvalue weighted by molar-refractivity contribution is -0.137. The van der Waals surface area contributed by atoms with E-state index >= 15 is 0 Å². The van der Waals surface area contributed by atoms with E-state index in [1.807, 2.05) is 36.4 Å². The van der Waals surface area contributed by atoms with Crippen molar-refractivity contribution in [3.63, 3.8) is 0 Å². The maximum atomic E-state index is 12.9. The van der Waals surface area contributed by atoms with Crippen LogP contribution in [0.3, 0.4) is 0 Å². The smallest absolute Gasteiger partial charge is 0.416 e. The Bertz CT molecular complexity index is 1270. The van der Waals surface area contributed by atoms with Crippen LogP contribution in [0.25, 0.3) is 21.2 Å². The fourth-order valence-electron chi connectivity index (χ4n) is 3.44. The van der Waals surface area contributed by atoms with Gasteiger partial charge in [0.05, 0.1) is 17.4 Å².